The van der Waals surface area contributed by atoms with Gasteiger partial charge in [0.2, 0.25) is 0 Å². The summed E-state index contributed by atoms with van der Waals surface area (Å²) in [6.45, 7) is 1.36. The van der Waals surface area contributed by atoms with Crippen molar-refractivity contribution in [2.24, 2.45) is 5.73 Å². The lowest BCUT2D eigenvalue weighted by Gasteiger charge is -2.22. The van der Waals surface area contributed by atoms with Gasteiger partial charge >= 0.3 is 7.12 Å². The van der Waals surface area contributed by atoms with Crippen LogP contribution in [0.1, 0.15) is 11.7 Å². The molecule has 0 bridgehead atoms. The minimum Gasteiger partial charge on any atom is -0.486 e. The van der Waals surface area contributed by atoms with E-state index >= 15 is 0 Å². The molecule has 0 fully saturated rings. The van der Waals surface area contributed by atoms with E-state index in [2.05, 4.69) is 0 Å². The van der Waals surface area contributed by atoms with Crippen molar-refractivity contribution < 1.29 is 19.2 Å². The van der Waals surface area contributed by atoms with Gasteiger partial charge in [0.1, 0.15) is 13.2 Å². The fraction of sp³-hybridized carbons (Fsp3) is 0.400. The first-order valence-corrected chi connectivity index (χ1v) is 5.27. The molecular weight excluding hydrogens is 209 g/mol. The molecular formula is C10H12BNO4. The summed E-state index contributed by atoms with van der Waals surface area (Å²) in [4.78, 5) is 0. The third-order valence-corrected chi connectivity index (χ3v) is 2.88. The van der Waals surface area contributed by atoms with Gasteiger partial charge in [-0.25, -0.2) is 0 Å². The third kappa shape index (κ3) is 1.31. The van der Waals surface area contributed by atoms with Gasteiger partial charge in [-0.1, -0.05) is 6.07 Å². The summed E-state index contributed by atoms with van der Waals surface area (Å²) < 4.78 is 16.4. The van der Waals surface area contributed by atoms with E-state index in [1.54, 1.807) is 12.1 Å². The van der Waals surface area contributed by atoms with Crippen molar-refractivity contribution in [3.8, 4) is 11.5 Å². The van der Waals surface area contributed by atoms with Crippen molar-refractivity contribution >= 4 is 12.6 Å². The zero-order chi connectivity index (χ0) is 11.1. The third-order valence-electron chi connectivity index (χ3n) is 2.88. The van der Waals surface area contributed by atoms with Gasteiger partial charge in [-0.2, -0.15) is 0 Å². The first kappa shape index (κ1) is 9.95. The fourth-order valence-corrected chi connectivity index (χ4v) is 2.17. The molecule has 0 aliphatic carbocycles. The maximum atomic E-state index is 9.71. The number of rotatable bonds is 1. The van der Waals surface area contributed by atoms with Crippen molar-refractivity contribution in [3.05, 3.63) is 17.7 Å². The van der Waals surface area contributed by atoms with Crippen LogP contribution in [0, 0.1) is 0 Å². The van der Waals surface area contributed by atoms with Crippen LogP contribution in [0.4, 0.5) is 0 Å². The monoisotopic (exact) mass is 221 g/mol. The van der Waals surface area contributed by atoms with Gasteiger partial charge in [-0.05, 0) is 11.5 Å². The molecule has 6 heteroatoms. The summed E-state index contributed by atoms with van der Waals surface area (Å²) in [7, 11) is -0.917. The molecule has 1 aromatic carbocycles. The van der Waals surface area contributed by atoms with Crippen LogP contribution in [0.25, 0.3) is 0 Å². The van der Waals surface area contributed by atoms with Gasteiger partial charge in [-0.15, -0.1) is 0 Å². The van der Waals surface area contributed by atoms with Crippen LogP contribution in [0.5, 0.6) is 11.5 Å². The van der Waals surface area contributed by atoms with Crippen molar-refractivity contribution in [1.82, 2.24) is 0 Å². The van der Waals surface area contributed by atoms with E-state index in [1.807, 2.05) is 0 Å². The summed E-state index contributed by atoms with van der Waals surface area (Å²) in [5.41, 5.74) is 7.16. The highest BCUT2D eigenvalue weighted by Crippen LogP contribution is 2.39. The average molecular weight is 221 g/mol. The zero-order valence-electron chi connectivity index (χ0n) is 8.68. The molecule has 0 amide bonds. The smallest absolute Gasteiger partial charge is 0.486 e. The topological polar surface area (TPSA) is 73.9 Å². The molecule has 2 aliphatic heterocycles. The van der Waals surface area contributed by atoms with Crippen LogP contribution in [0.3, 0.4) is 0 Å². The quantitative estimate of drug-likeness (QED) is 0.606. The summed E-state index contributed by atoms with van der Waals surface area (Å²) in [6.07, 6.45) is -0.318. The molecule has 16 heavy (non-hydrogen) atoms. The molecule has 2 heterocycles. The molecule has 0 spiro atoms. The van der Waals surface area contributed by atoms with Crippen LogP contribution < -0.4 is 20.7 Å². The van der Waals surface area contributed by atoms with Gasteiger partial charge in [0, 0.05) is 12.1 Å². The van der Waals surface area contributed by atoms with Crippen molar-refractivity contribution in [3.63, 3.8) is 0 Å². The molecule has 0 saturated carbocycles. The lowest BCUT2D eigenvalue weighted by molar-refractivity contribution is 0.157. The van der Waals surface area contributed by atoms with E-state index in [4.69, 9.17) is 19.9 Å². The number of ether oxygens (including phenoxy) is 2. The molecule has 1 unspecified atom stereocenters. The Morgan fingerprint density at radius 1 is 1.38 bits per heavy atom. The zero-order valence-corrected chi connectivity index (χ0v) is 8.68. The Morgan fingerprint density at radius 3 is 3.00 bits per heavy atom. The van der Waals surface area contributed by atoms with E-state index in [0.717, 1.165) is 11.0 Å². The number of benzene rings is 1. The molecule has 0 saturated heterocycles. The molecule has 0 aromatic heterocycles. The van der Waals surface area contributed by atoms with Crippen molar-refractivity contribution in [2.75, 3.05) is 19.8 Å². The fourth-order valence-electron chi connectivity index (χ4n) is 2.17. The predicted octanol–water partition coefficient (Wildman–Crippen LogP) is -0.825. The highest BCUT2D eigenvalue weighted by Gasteiger charge is 2.38. The second-order valence-electron chi connectivity index (χ2n) is 3.81. The van der Waals surface area contributed by atoms with Crippen LogP contribution in [-0.2, 0) is 4.65 Å². The number of fused-ring (bicyclic) bond motifs is 3. The second-order valence-corrected chi connectivity index (χ2v) is 3.81. The summed E-state index contributed by atoms with van der Waals surface area (Å²) in [5, 5.41) is 9.71. The average Bonchev–Trinajstić information content (AvgIpc) is 2.66. The summed E-state index contributed by atoms with van der Waals surface area (Å²) >= 11 is 0. The van der Waals surface area contributed by atoms with E-state index in [9.17, 15) is 5.02 Å². The first-order valence-electron chi connectivity index (χ1n) is 5.27. The van der Waals surface area contributed by atoms with Crippen LogP contribution in [0.15, 0.2) is 12.1 Å². The van der Waals surface area contributed by atoms with E-state index in [-0.39, 0.29) is 6.10 Å². The lowest BCUT2D eigenvalue weighted by atomic mass is 9.79. The molecule has 2 aliphatic rings. The van der Waals surface area contributed by atoms with E-state index in [1.165, 1.54) is 0 Å². The van der Waals surface area contributed by atoms with Gasteiger partial charge in [-0.3, -0.25) is 0 Å². The minimum atomic E-state index is -0.917. The van der Waals surface area contributed by atoms with E-state index in [0.29, 0.717) is 31.3 Å². The lowest BCUT2D eigenvalue weighted by Crippen LogP contribution is -2.29. The second kappa shape index (κ2) is 3.66. The molecule has 3 rings (SSSR count). The van der Waals surface area contributed by atoms with Gasteiger partial charge in [0.05, 0.1) is 6.10 Å². The summed E-state index contributed by atoms with van der Waals surface area (Å²) in [5.74, 6) is 1.36. The molecule has 1 atom stereocenters. The SMILES string of the molecule is NCC1OB(O)c2ccc3c(c21)OCCO3. The Hall–Kier alpha value is -1.24. The largest absolute Gasteiger partial charge is 0.492 e. The van der Waals surface area contributed by atoms with Crippen LogP contribution in [0.2, 0.25) is 0 Å². The normalized spacial score (nSPS) is 22.1. The van der Waals surface area contributed by atoms with Gasteiger partial charge in [0.25, 0.3) is 0 Å². The van der Waals surface area contributed by atoms with Gasteiger partial charge in [0.15, 0.2) is 11.5 Å². The summed E-state index contributed by atoms with van der Waals surface area (Å²) in [6, 6.07) is 3.59. The minimum absolute atomic E-state index is 0.309. The highest BCUT2D eigenvalue weighted by atomic mass is 16.6. The molecule has 0 radical (unpaired) electrons. The molecule has 3 N–H and O–H groups in total. The Balaban J connectivity index is 2.15. The van der Waals surface area contributed by atoms with E-state index < -0.39 is 7.12 Å². The van der Waals surface area contributed by atoms with Crippen LogP contribution >= 0.6 is 0 Å². The molecule has 1 aromatic rings. The number of hydrogen-bond donors (Lipinski definition) is 2. The molecule has 84 valence electrons. The Kier molecular flexibility index (Phi) is 2.28. The first-order chi connectivity index (χ1) is 7.81. The standard InChI is InChI=1S/C10H12BNO4/c12-5-8-9-6(11(13)16-8)1-2-7-10(9)15-4-3-14-7/h1-2,8,13H,3-5,12H2. The maximum Gasteiger partial charge on any atom is 0.492 e. The van der Waals surface area contributed by atoms with Crippen LogP contribution in [-0.4, -0.2) is 31.9 Å². The van der Waals surface area contributed by atoms with Gasteiger partial charge < -0.3 is 24.9 Å². The van der Waals surface area contributed by atoms with Crippen molar-refractivity contribution in [1.29, 1.82) is 0 Å². The molecule has 5 nitrogen and oxygen atoms in total. The maximum absolute atomic E-state index is 9.71. The number of nitrogens with two attached hydrogens (primary N) is 1. The Bertz CT molecular complexity index is 426. The Labute approximate surface area is 93.2 Å². The number of hydrogen-bond acceptors (Lipinski definition) is 5. The predicted molar refractivity (Wildman–Crippen MR) is 57.9 cm³/mol. The van der Waals surface area contributed by atoms with Crippen molar-refractivity contribution in [2.45, 2.75) is 6.10 Å². The highest BCUT2D eigenvalue weighted by molar-refractivity contribution is 6.62. The Morgan fingerprint density at radius 2 is 2.19 bits per heavy atom.